The fraction of sp³-hybridized carbons (Fsp3) is 0. The fourth-order valence-electron chi connectivity index (χ4n) is 1.46. The van der Waals surface area contributed by atoms with Crippen LogP contribution in [0.25, 0.3) is 0 Å². The highest BCUT2D eigenvalue weighted by Crippen LogP contribution is 2.26. The minimum Gasteiger partial charge on any atom is -0.307 e. The van der Waals surface area contributed by atoms with E-state index in [0.717, 1.165) is 3.57 Å². The zero-order chi connectivity index (χ0) is 14.7. The third-order valence-electron chi connectivity index (χ3n) is 2.36. The van der Waals surface area contributed by atoms with Crippen LogP contribution in [0.2, 0.25) is 15.1 Å². The number of amides is 2. The van der Waals surface area contributed by atoms with Crippen molar-refractivity contribution in [3.05, 3.63) is 55.0 Å². The predicted octanol–water partition coefficient (Wildman–Crippen LogP) is 5.90. The van der Waals surface area contributed by atoms with Gasteiger partial charge < -0.3 is 10.6 Å². The van der Waals surface area contributed by atoms with E-state index in [1.807, 2.05) is 0 Å². The Hall–Kier alpha value is -0.690. The van der Waals surface area contributed by atoms with Gasteiger partial charge in [-0.2, -0.15) is 0 Å². The van der Waals surface area contributed by atoms with Gasteiger partial charge in [-0.15, -0.1) is 0 Å². The van der Waals surface area contributed by atoms with E-state index >= 15 is 0 Å². The second-order valence-electron chi connectivity index (χ2n) is 3.83. The van der Waals surface area contributed by atoms with Crippen LogP contribution in [0.4, 0.5) is 16.2 Å². The Balaban J connectivity index is 2.11. The Labute approximate surface area is 144 Å². The van der Waals surface area contributed by atoms with Crippen LogP contribution in [0.1, 0.15) is 0 Å². The normalized spacial score (nSPS) is 10.2. The number of hydrogen-bond acceptors (Lipinski definition) is 1. The molecule has 0 bridgehead atoms. The minimum absolute atomic E-state index is 0.408. The zero-order valence-electron chi connectivity index (χ0n) is 9.88. The van der Waals surface area contributed by atoms with Gasteiger partial charge >= 0.3 is 6.03 Å². The monoisotopic (exact) mass is 440 g/mol. The van der Waals surface area contributed by atoms with Gasteiger partial charge in [0.25, 0.3) is 0 Å². The van der Waals surface area contributed by atoms with Gasteiger partial charge in [0.15, 0.2) is 0 Å². The standard InChI is InChI=1S/C13H8Cl3IN2O/c14-7-2-4-11(10(17)5-7)18-13(20)19-12-6-8(15)1-3-9(12)16/h1-6H,(H2,18,19,20). The molecule has 2 aromatic rings. The van der Waals surface area contributed by atoms with Gasteiger partial charge in [-0.3, -0.25) is 0 Å². The van der Waals surface area contributed by atoms with Crippen molar-refractivity contribution in [2.45, 2.75) is 0 Å². The molecule has 0 spiro atoms. The third-order valence-corrected chi connectivity index (χ3v) is 4.05. The van der Waals surface area contributed by atoms with Gasteiger partial charge in [0, 0.05) is 13.6 Å². The van der Waals surface area contributed by atoms with Gasteiger partial charge in [-0.25, -0.2) is 4.79 Å². The molecule has 3 nitrogen and oxygen atoms in total. The molecule has 0 aliphatic heterocycles. The van der Waals surface area contributed by atoms with Crippen molar-refractivity contribution < 1.29 is 4.79 Å². The van der Waals surface area contributed by atoms with Gasteiger partial charge in [0.1, 0.15) is 0 Å². The molecule has 0 aliphatic carbocycles. The maximum absolute atomic E-state index is 11.9. The SMILES string of the molecule is O=C(Nc1cc(Cl)ccc1Cl)Nc1ccc(Cl)cc1I. The third kappa shape index (κ3) is 4.15. The van der Waals surface area contributed by atoms with Crippen LogP contribution in [-0.2, 0) is 0 Å². The van der Waals surface area contributed by atoms with Crippen LogP contribution >= 0.6 is 57.4 Å². The Morgan fingerprint density at radius 3 is 2.20 bits per heavy atom. The molecule has 0 atom stereocenters. The average Bonchev–Trinajstić information content (AvgIpc) is 2.37. The largest absolute Gasteiger partial charge is 0.323 e. The molecule has 0 aliphatic rings. The van der Waals surface area contributed by atoms with Gasteiger partial charge in [0.2, 0.25) is 0 Å². The molecular weight excluding hydrogens is 433 g/mol. The number of carbonyl (C=O) groups excluding carboxylic acids is 1. The molecule has 0 radical (unpaired) electrons. The summed E-state index contributed by atoms with van der Waals surface area (Å²) in [6.45, 7) is 0. The highest BCUT2D eigenvalue weighted by molar-refractivity contribution is 14.1. The first-order valence-electron chi connectivity index (χ1n) is 5.44. The zero-order valence-corrected chi connectivity index (χ0v) is 14.3. The number of nitrogens with one attached hydrogen (secondary N) is 2. The average molecular weight is 441 g/mol. The molecule has 2 N–H and O–H groups in total. The first kappa shape index (κ1) is 15.7. The maximum Gasteiger partial charge on any atom is 0.323 e. The second kappa shape index (κ2) is 6.85. The fourth-order valence-corrected chi connectivity index (χ4v) is 2.80. The molecule has 104 valence electrons. The lowest BCUT2D eigenvalue weighted by Gasteiger charge is -2.10. The van der Waals surface area contributed by atoms with E-state index in [-0.39, 0.29) is 0 Å². The smallest absolute Gasteiger partial charge is 0.307 e. The number of hydrogen-bond donors (Lipinski definition) is 2. The van der Waals surface area contributed by atoms with Crippen LogP contribution in [-0.4, -0.2) is 6.03 Å². The lowest BCUT2D eigenvalue weighted by molar-refractivity contribution is 0.262. The molecule has 2 rings (SSSR count). The Bertz CT molecular complexity index is 664. The number of benzene rings is 2. The second-order valence-corrected chi connectivity index (χ2v) is 6.27. The number of urea groups is 1. The Morgan fingerprint density at radius 2 is 1.50 bits per heavy atom. The van der Waals surface area contributed by atoms with E-state index in [1.54, 1.807) is 36.4 Å². The molecule has 2 aromatic carbocycles. The van der Waals surface area contributed by atoms with E-state index in [1.165, 1.54) is 0 Å². The Kier molecular flexibility index (Phi) is 5.37. The van der Waals surface area contributed by atoms with Crippen LogP contribution < -0.4 is 10.6 Å². The summed E-state index contributed by atoms with van der Waals surface area (Å²) >= 11 is 19.8. The first-order chi connectivity index (χ1) is 9.45. The summed E-state index contributed by atoms with van der Waals surface area (Å²) < 4.78 is 0.836. The number of anilines is 2. The molecule has 0 saturated heterocycles. The van der Waals surface area contributed by atoms with Crippen LogP contribution in [0, 0.1) is 3.57 Å². The molecule has 20 heavy (non-hydrogen) atoms. The topological polar surface area (TPSA) is 41.1 Å². The molecule has 0 aromatic heterocycles. The molecule has 0 fully saturated rings. The first-order valence-corrected chi connectivity index (χ1v) is 7.65. The molecule has 0 saturated carbocycles. The van der Waals surface area contributed by atoms with Crippen molar-refractivity contribution in [2.75, 3.05) is 10.6 Å². The number of rotatable bonds is 2. The van der Waals surface area contributed by atoms with Crippen molar-refractivity contribution in [1.82, 2.24) is 0 Å². The summed E-state index contributed by atoms with van der Waals surface area (Å²) in [4.78, 5) is 11.9. The summed E-state index contributed by atoms with van der Waals surface area (Å²) in [5.41, 5.74) is 1.10. The van der Waals surface area contributed by atoms with E-state index in [4.69, 9.17) is 34.8 Å². The summed E-state index contributed by atoms with van der Waals surface area (Å²) in [6.07, 6.45) is 0. The lowest BCUT2D eigenvalue weighted by atomic mass is 10.3. The van der Waals surface area contributed by atoms with Crippen molar-refractivity contribution in [3.8, 4) is 0 Å². The lowest BCUT2D eigenvalue weighted by Crippen LogP contribution is -2.20. The van der Waals surface area contributed by atoms with Crippen molar-refractivity contribution in [2.24, 2.45) is 0 Å². The van der Waals surface area contributed by atoms with E-state index in [0.29, 0.717) is 26.4 Å². The van der Waals surface area contributed by atoms with Crippen molar-refractivity contribution in [1.29, 1.82) is 0 Å². The summed E-state index contributed by atoms with van der Waals surface area (Å²) in [5.74, 6) is 0. The predicted molar refractivity (Wildman–Crippen MR) is 93.3 cm³/mol. The van der Waals surface area contributed by atoms with Crippen LogP contribution in [0.15, 0.2) is 36.4 Å². The van der Waals surface area contributed by atoms with E-state index in [9.17, 15) is 4.79 Å². The van der Waals surface area contributed by atoms with Crippen molar-refractivity contribution in [3.63, 3.8) is 0 Å². The maximum atomic E-state index is 11.9. The van der Waals surface area contributed by atoms with Crippen LogP contribution in [0.5, 0.6) is 0 Å². The quantitative estimate of drug-likeness (QED) is 0.560. The number of halogens is 4. The highest BCUT2D eigenvalue weighted by atomic mass is 127. The summed E-state index contributed by atoms with van der Waals surface area (Å²) in [5, 5.41) is 6.87. The summed E-state index contributed by atoms with van der Waals surface area (Å²) in [7, 11) is 0. The van der Waals surface area contributed by atoms with E-state index < -0.39 is 6.03 Å². The Morgan fingerprint density at radius 1 is 0.900 bits per heavy atom. The van der Waals surface area contributed by atoms with Crippen molar-refractivity contribution >= 4 is 74.8 Å². The van der Waals surface area contributed by atoms with Crippen LogP contribution in [0.3, 0.4) is 0 Å². The molecule has 0 unspecified atom stereocenters. The minimum atomic E-state index is -0.408. The molecule has 0 heterocycles. The number of carbonyl (C=O) groups is 1. The van der Waals surface area contributed by atoms with Gasteiger partial charge in [0.05, 0.1) is 16.4 Å². The van der Waals surface area contributed by atoms with Gasteiger partial charge in [-0.1, -0.05) is 34.8 Å². The highest BCUT2D eigenvalue weighted by Gasteiger charge is 2.08. The van der Waals surface area contributed by atoms with E-state index in [2.05, 4.69) is 33.2 Å². The molecular formula is C13H8Cl3IN2O. The molecule has 7 heteroatoms. The summed E-state index contributed by atoms with van der Waals surface area (Å²) in [6, 6.07) is 9.62. The molecule has 2 amide bonds. The van der Waals surface area contributed by atoms with Gasteiger partial charge in [-0.05, 0) is 59.0 Å².